The second kappa shape index (κ2) is 6.64. The van der Waals surface area contributed by atoms with E-state index in [-0.39, 0.29) is 5.91 Å². The third-order valence-electron chi connectivity index (χ3n) is 3.61. The number of aryl methyl sites for hydroxylation is 2. The third kappa shape index (κ3) is 3.59. The van der Waals surface area contributed by atoms with Crippen molar-refractivity contribution in [3.05, 3.63) is 47.0 Å². The molecule has 1 amide bonds. The molecule has 0 bridgehead atoms. The molecule has 2 aromatic rings. The van der Waals surface area contributed by atoms with Gasteiger partial charge in [0.15, 0.2) is 11.5 Å². The first-order valence-corrected chi connectivity index (χ1v) is 7.60. The Morgan fingerprint density at radius 3 is 2.78 bits per heavy atom. The number of amides is 1. The highest BCUT2D eigenvalue weighted by Gasteiger charge is 2.13. The quantitative estimate of drug-likeness (QED) is 0.940. The van der Waals surface area contributed by atoms with Crippen molar-refractivity contribution in [1.29, 1.82) is 0 Å². The van der Waals surface area contributed by atoms with Crippen LogP contribution in [0.2, 0.25) is 0 Å². The first-order valence-electron chi connectivity index (χ1n) is 7.60. The summed E-state index contributed by atoms with van der Waals surface area (Å²) in [5.74, 6) is 1.95. The fourth-order valence-corrected chi connectivity index (χ4v) is 2.40. The lowest BCUT2D eigenvalue weighted by molar-refractivity contribution is 0.0949. The van der Waals surface area contributed by atoms with E-state index in [1.807, 2.05) is 18.2 Å². The summed E-state index contributed by atoms with van der Waals surface area (Å²) in [4.78, 5) is 20.5. The molecule has 0 fully saturated rings. The van der Waals surface area contributed by atoms with E-state index < -0.39 is 0 Å². The Hall–Kier alpha value is -2.63. The molecule has 0 radical (unpaired) electrons. The van der Waals surface area contributed by atoms with Gasteiger partial charge in [-0.25, -0.2) is 9.97 Å². The average molecular weight is 313 g/mol. The highest BCUT2D eigenvalue weighted by Crippen LogP contribution is 2.30. The zero-order valence-electron chi connectivity index (χ0n) is 13.3. The zero-order chi connectivity index (χ0) is 16.2. The van der Waals surface area contributed by atoms with E-state index in [4.69, 9.17) is 9.47 Å². The molecule has 0 saturated carbocycles. The summed E-state index contributed by atoms with van der Waals surface area (Å²) in [6, 6.07) is 5.70. The fourth-order valence-electron chi connectivity index (χ4n) is 2.40. The van der Waals surface area contributed by atoms with Gasteiger partial charge in [0.05, 0.1) is 24.5 Å². The third-order valence-corrected chi connectivity index (χ3v) is 3.61. The van der Waals surface area contributed by atoms with Gasteiger partial charge in [0.25, 0.3) is 5.91 Å². The van der Waals surface area contributed by atoms with Crippen molar-refractivity contribution in [2.75, 3.05) is 13.2 Å². The Morgan fingerprint density at radius 1 is 1.22 bits per heavy atom. The molecule has 0 saturated heterocycles. The summed E-state index contributed by atoms with van der Waals surface area (Å²) in [5, 5.41) is 2.88. The lowest BCUT2D eigenvalue weighted by atomic mass is 10.2. The number of carbonyl (C=O) groups is 1. The molecule has 2 heterocycles. The number of rotatable bonds is 3. The van der Waals surface area contributed by atoms with Gasteiger partial charge in [-0.1, -0.05) is 6.07 Å². The number of hydrogen-bond donors (Lipinski definition) is 1. The Kier molecular flexibility index (Phi) is 4.41. The molecule has 3 rings (SSSR count). The minimum atomic E-state index is -0.186. The lowest BCUT2D eigenvalue weighted by Crippen LogP contribution is -2.24. The van der Waals surface area contributed by atoms with Crippen molar-refractivity contribution in [3.8, 4) is 11.5 Å². The second-order valence-electron chi connectivity index (χ2n) is 5.43. The molecular weight excluding hydrogens is 294 g/mol. The summed E-state index contributed by atoms with van der Waals surface area (Å²) in [6.07, 6.45) is 2.43. The predicted octanol–water partition coefficient (Wildman–Crippen LogP) is 2.18. The maximum atomic E-state index is 12.2. The van der Waals surface area contributed by atoms with Crippen molar-refractivity contribution in [2.24, 2.45) is 0 Å². The first kappa shape index (κ1) is 15.3. The maximum Gasteiger partial charge on any atom is 0.254 e. The first-order chi connectivity index (χ1) is 11.1. The van der Waals surface area contributed by atoms with Crippen LogP contribution in [0.4, 0.5) is 0 Å². The Bertz CT molecular complexity index is 731. The van der Waals surface area contributed by atoms with Gasteiger partial charge in [0.2, 0.25) is 0 Å². The van der Waals surface area contributed by atoms with Gasteiger partial charge in [0.1, 0.15) is 5.82 Å². The number of aromatic nitrogens is 2. The van der Waals surface area contributed by atoms with Gasteiger partial charge in [0, 0.05) is 19.2 Å². The highest BCUT2D eigenvalue weighted by molar-refractivity contribution is 5.94. The molecule has 23 heavy (non-hydrogen) atoms. The summed E-state index contributed by atoms with van der Waals surface area (Å²) < 4.78 is 11.3. The van der Waals surface area contributed by atoms with Crippen molar-refractivity contribution < 1.29 is 14.3 Å². The van der Waals surface area contributed by atoms with Gasteiger partial charge in [-0.05, 0) is 31.5 Å². The molecular formula is C17H19N3O3. The molecule has 1 N–H and O–H groups in total. The van der Waals surface area contributed by atoms with Crippen LogP contribution in [0.1, 0.15) is 33.9 Å². The van der Waals surface area contributed by atoms with Crippen LogP contribution in [0.15, 0.2) is 24.4 Å². The smallest absolute Gasteiger partial charge is 0.254 e. The number of nitrogens with one attached hydrogen (secondary N) is 1. The largest absolute Gasteiger partial charge is 0.490 e. The van der Waals surface area contributed by atoms with Crippen LogP contribution in [-0.2, 0) is 6.54 Å². The van der Waals surface area contributed by atoms with E-state index in [2.05, 4.69) is 15.3 Å². The van der Waals surface area contributed by atoms with Gasteiger partial charge in [-0.3, -0.25) is 4.79 Å². The normalized spacial score (nSPS) is 13.3. The van der Waals surface area contributed by atoms with Crippen LogP contribution in [0, 0.1) is 13.8 Å². The van der Waals surface area contributed by atoms with Crippen LogP contribution in [0.25, 0.3) is 0 Å². The molecule has 6 nitrogen and oxygen atoms in total. The summed E-state index contributed by atoms with van der Waals surface area (Å²) in [6.45, 7) is 5.31. The van der Waals surface area contributed by atoms with E-state index >= 15 is 0 Å². The minimum absolute atomic E-state index is 0.186. The van der Waals surface area contributed by atoms with Gasteiger partial charge < -0.3 is 14.8 Å². The topological polar surface area (TPSA) is 73.3 Å². The monoisotopic (exact) mass is 313 g/mol. The number of carbonyl (C=O) groups excluding carboxylic acids is 1. The number of nitrogens with zero attached hydrogens (tertiary/aromatic N) is 2. The molecule has 1 aliphatic heterocycles. The summed E-state index contributed by atoms with van der Waals surface area (Å²) in [5.41, 5.74) is 2.12. The number of benzene rings is 1. The Balaban J connectivity index is 1.68. The van der Waals surface area contributed by atoms with E-state index in [1.54, 1.807) is 20.0 Å². The van der Waals surface area contributed by atoms with E-state index in [0.29, 0.717) is 36.8 Å². The van der Waals surface area contributed by atoms with Gasteiger partial charge in [-0.15, -0.1) is 0 Å². The SMILES string of the molecule is Cc1ncc(C(=O)NCc2ccc3c(c2)OCCCO3)c(C)n1. The minimum Gasteiger partial charge on any atom is -0.490 e. The molecule has 0 atom stereocenters. The van der Waals surface area contributed by atoms with Gasteiger partial charge in [-0.2, -0.15) is 0 Å². The fraction of sp³-hybridized carbons (Fsp3) is 0.353. The van der Waals surface area contributed by atoms with Crippen molar-refractivity contribution >= 4 is 5.91 Å². The van der Waals surface area contributed by atoms with Crippen LogP contribution in [-0.4, -0.2) is 29.1 Å². The molecule has 0 aliphatic carbocycles. The summed E-state index contributed by atoms with van der Waals surface area (Å²) in [7, 11) is 0. The molecule has 1 aliphatic rings. The number of hydrogen-bond acceptors (Lipinski definition) is 5. The van der Waals surface area contributed by atoms with E-state index in [9.17, 15) is 4.79 Å². The number of ether oxygens (including phenoxy) is 2. The van der Waals surface area contributed by atoms with E-state index in [0.717, 1.165) is 23.5 Å². The number of fused-ring (bicyclic) bond motifs is 1. The molecule has 120 valence electrons. The summed E-state index contributed by atoms with van der Waals surface area (Å²) >= 11 is 0. The zero-order valence-corrected chi connectivity index (χ0v) is 13.3. The van der Waals surface area contributed by atoms with E-state index in [1.165, 1.54) is 0 Å². The Labute approximate surface area is 134 Å². The second-order valence-corrected chi connectivity index (χ2v) is 5.43. The van der Waals surface area contributed by atoms with Crippen LogP contribution in [0.5, 0.6) is 11.5 Å². The predicted molar refractivity (Wildman–Crippen MR) is 84.7 cm³/mol. The van der Waals surface area contributed by atoms with Crippen molar-refractivity contribution in [2.45, 2.75) is 26.8 Å². The molecule has 0 unspecified atom stereocenters. The van der Waals surface area contributed by atoms with Crippen LogP contribution in [0.3, 0.4) is 0 Å². The standard InChI is InChI=1S/C17H19N3O3/c1-11-14(10-18-12(2)20-11)17(21)19-9-13-4-5-15-16(8-13)23-7-3-6-22-15/h4-5,8,10H,3,6-7,9H2,1-2H3,(H,19,21). The highest BCUT2D eigenvalue weighted by atomic mass is 16.5. The Morgan fingerprint density at radius 2 is 2.00 bits per heavy atom. The van der Waals surface area contributed by atoms with Crippen molar-refractivity contribution in [3.63, 3.8) is 0 Å². The molecule has 1 aromatic carbocycles. The van der Waals surface area contributed by atoms with Crippen molar-refractivity contribution in [1.82, 2.24) is 15.3 Å². The van der Waals surface area contributed by atoms with Crippen LogP contribution < -0.4 is 14.8 Å². The molecule has 0 spiro atoms. The van der Waals surface area contributed by atoms with Crippen LogP contribution >= 0.6 is 0 Å². The molecule has 1 aromatic heterocycles. The van der Waals surface area contributed by atoms with Gasteiger partial charge >= 0.3 is 0 Å². The average Bonchev–Trinajstić information content (AvgIpc) is 2.77. The maximum absolute atomic E-state index is 12.2. The lowest BCUT2D eigenvalue weighted by Gasteiger charge is -2.11. The molecule has 6 heteroatoms.